The molecular formula is C24H35N7. The van der Waals surface area contributed by atoms with Crippen LogP contribution in [0.5, 0.6) is 0 Å². The maximum Gasteiger partial charge on any atom is 0.191 e. The highest BCUT2D eigenvalue weighted by molar-refractivity contribution is 5.79. The van der Waals surface area contributed by atoms with Gasteiger partial charge in [0.25, 0.3) is 0 Å². The normalized spacial score (nSPS) is 11.7. The number of hydrogen-bond acceptors (Lipinski definition) is 3. The van der Waals surface area contributed by atoms with Crippen LogP contribution in [0.25, 0.3) is 5.69 Å². The highest BCUT2D eigenvalue weighted by Crippen LogP contribution is 2.13. The van der Waals surface area contributed by atoms with E-state index >= 15 is 0 Å². The summed E-state index contributed by atoms with van der Waals surface area (Å²) in [6, 6.07) is 12.4. The first-order valence-corrected chi connectivity index (χ1v) is 11.2. The van der Waals surface area contributed by atoms with Gasteiger partial charge in [0.1, 0.15) is 0 Å². The van der Waals surface area contributed by atoms with E-state index in [-0.39, 0.29) is 0 Å². The second kappa shape index (κ2) is 11.3. The van der Waals surface area contributed by atoms with E-state index in [9.17, 15) is 0 Å². The van der Waals surface area contributed by atoms with Gasteiger partial charge in [0.2, 0.25) is 0 Å². The molecule has 0 spiro atoms. The van der Waals surface area contributed by atoms with Crippen molar-refractivity contribution in [3.8, 4) is 5.69 Å². The molecule has 7 nitrogen and oxygen atoms in total. The molecule has 2 N–H and O–H groups in total. The van der Waals surface area contributed by atoms with E-state index in [1.54, 1.807) is 0 Å². The van der Waals surface area contributed by atoms with Crippen LogP contribution in [0.3, 0.4) is 0 Å². The molecule has 0 amide bonds. The zero-order valence-electron chi connectivity index (χ0n) is 19.2. The zero-order valence-corrected chi connectivity index (χ0v) is 19.2. The average Bonchev–Trinajstić information content (AvgIpc) is 3.29. The molecule has 0 aliphatic carbocycles. The highest BCUT2D eigenvalue weighted by Gasteiger charge is 2.06. The standard InChI is InChI=1S/C24H35N7/c1-5-25-24(27-15-10-16-30-20(3)17-19(2)28-30)26-14-9-11-22-18-31(29-21(22)4)23-12-7-6-8-13-23/h6-8,12-13,17-18H,5,9-11,14-16H2,1-4H3,(H2,25,26,27). The first kappa shape index (κ1) is 22.6. The number of rotatable bonds is 10. The molecule has 3 aromatic rings. The van der Waals surface area contributed by atoms with Crippen LogP contribution in [-0.2, 0) is 13.0 Å². The van der Waals surface area contributed by atoms with Crippen LogP contribution in [0.1, 0.15) is 42.4 Å². The summed E-state index contributed by atoms with van der Waals surface area (Å²) in [7, 11) is 0. The van der Waals surface area contributed by atoms with E-state index in [4.69, 9.17) is 4.99 Å². The van der Waals surface area contributed by atoms with Gasteiger partial charge in [-0.2, -0.15) is 10.2 Å². The second-order valence-corrected chi connectivity index (χ2v) is 7.81. The van der Waals surface area contributed by atoms with Gasteiger partial charge in [-0.05, 0) is 70.7 Å². The lowest BCUT2D eigenvalue weighted by Crippen LogP contribution is -2.38. The summed E-state index contributed by atoms with van der Waals surface area (Å²) in [6.07, 6.45) is 5.12. The number of guanidine groups is 1. The Hall–Kier alpha value is -3.09. The third kappa shape index (κ3) is 6.70. The third-order valence-corrected chi connectivity index (χ3v) is 5.18. The van der Waals surface area contributed by atoms with Crippen LogP contribution in [0.4, 0.5) is 0 Å². The molecule has 2 aromatic heterocycles. The van der Waals surface area contributed by atoms with Crippen molar-refractivity contribution in [3.05, 3.63) is 65.2 Å². The second-order valence-electron chi connectivity index (χ2n) is 7.81. The summed E-state index contributed by atoms with van der Waals surface area (Å²) in [6.45, 7) is 11.7. The minimum atomic E-state index is 0.774. The van der Waals surface area contributed by atoms with Crippen molar-refractivity contribution in [2.75, 3.05) is 19.6 Å². The quantitative estimate of drug-likeness (QED) is 0.298. The summed E-state index contributed by atoms with van der Waals surface area (Å²) in [5, 5.41) is 16.0. The van der Waals surface area contributed by atoms with Gasteiger partial charge in [-0.1, -0.05) is 18.2 Å². The van der Waals surface area contributed by atoms with E-state index in [1.807, 2.05) is 29.8 Å². The van der Waals surface area contributed by atoms with Gasteiger partial charge in [0.15, 0.2) is 5.96 Å². The maximum absolute atomic E-state index is 4.71. The van der Waals surface area contributed by atoms with E-state index in [1.165, 1.54) is 11.3 Å². The number of aromatic nitrogens is 4. The Labute approximate surface area is 185 Å². The molecule has 0 fully saturated rings. The summed E-state index contributed by atoms with van der Waals surface area (Å²) in [5.74, 6) is 0.882. The molecule has 0 aliphatic heterocycles. The smallest absolute Gasteiger partial charge is 0.191 e. The van der Waals surface area contributed by atoms with Gasteiger partial charge >= 0.3 is 0 Å². The lowest BCUT2D eigenvalue weighted by Gasteiger charge is -2.11. The molecule has 0 radical (unpaired) electrons. The van der Waals surface area contributed by atoms with Crippen molar-refractivity contribution >= 4 is 5.96 Å². The molecule has 0 unspecified atom stereocenters. The SMILES string of the molecule is CCNC(=NCCCn1nc(C)cc1C)NCCCc1cn(-c2ccccc2)nc1C. The lowest BCUT2D eigenvalue weighted by atomic mass is 10.1. The number of aliphatic imine (C=N–C) groups is 1. The van der Waals surface area contributed by atoms with Crippen LogP contribution in [0.2, 0.25) is 0 Å². The topological polar surface area (TPSA) is 72.1 Å². The van der Waals surface area contributed by atoms with E-state index in [2.05, 4.69) is 70.7 Å². The maximum atomic E-state index is 4.71. The van der Waals surface area contributed by atoms with E-state index < -0.39 is 0 Å². The van der Waals surface area contributed by atoms with Gasteiger partial charge in [-0.25, -0.2) is 4.68 Å². The predicted octanol–water partition coefficient (Wildman–Crippen LogP) is 3.57. The Morgan fingerprint density at radius 1 is 1.03 bits per heavy atom. The van der Waals surface area contributed by atoms with Gasteiger partial charge < -0.3 is 10.6 Å². The summed E-state index contributed by atoms with van der Waals surface area (Å²) >= 11 is 0. The van der Waals surface area contributed by atoms with E-state index in [0.29, 0.717) is 0 Å². The van der Waals surface area contributed by atoms with Crippen molar-refractivity contribution in [1.29, 1.82) is 0 Å². The molecule has 3 rings (SSSR count). The minimum absolute atomic E-state index is 0.774. The third-order valence-electron chi connectivity index (χ3n) is 5.18. The molecule has 2 heterocycles. The Balaban J connectivity index is 1.43. The molecule has 31 heavy (non-hydrogen) atoms. The van der Waals surface area contributed by atoms with Crippen LogP contribution in [0, 0.1) is 20.8 Å². The van der Waals surface area contributed by atoms with Crippen molar-refractivity contribution in [3.63, 3.8) is 0 Å². The largest absolute Gasteiger partial charge is 0.357 e. The van der Waals surface area contributed by atoms with Crippen LogP contribution in [0.15, 0.2) is 47.6 Å². The average molecular weight is 422 g/mol. The summed E-state index contributed by atoms with van der Waals surface area (Å²) < 4.78 is 4.02. The number of hydrogen-bond donors (Lipinski definition) is 2. The predicted molar refractivity (Wildman–Crippen MR) is 127 cm³/mol. The number of benzene rings is 1. The van der Waals surface area contributed by atoms with Gasteiger partial charge in [0.05, 0.1) is 17.1 Å². The minimum Gasteiger partial charge on any atom is -0.357 e. The Bertz CT molecular complexity index is 969. The van der Waals surface area contributed by atoms with Crippen LogP contribution in [-0.4, -0.2) is 45.2 Å². The number of aryl methyl sites for hydroxylation is 5. The molecule has 0 atom stereocenters. The molecule has 7 heteroatoms. The van der Waals surface area contributed by atoms with Crippen molar-refractivity contribution in [2.24, 2.45) is 4.99 Å². The number of nitrogens with one attached hydrogen (secondary N) is 2. The highest BCUT2D eigenvalue weighted by atomic mass is 15.3. The molecule has 0 aliphatic rings. The molecule has 166 valence electrons. The van der Waals surface area contributed by atoms with Gasteiger partial charge in [0, 0.05) is 38.1 Å². The van der Waals surface area contributed by atoms with Gasteiger partial charge in [-0.15, -0.1) is 0 Å². The first-order valence-electron chi connectivity index (χ1n) is 11.2. The van der Waals surface area contributed by atoms with Crippen molar-refractivity contribution < 1.29 is 0 Å². The fourth-order valence-corrected chi connectivity index (χ4v) is 3.59. The molecular weight excluding hydrogens is 386 g/mol. The molecule has 0 saturated heterocycles. The molecule has 0 saturated carbocycles. The fourth-order valence-electron chi connectivity index (χ4n) is 3.59. The summed E-state index contributed by atoms with van der Waals surface area (Å²) in [4.78, 5) is 4.71. The van der Waals surface area contributed by atoms with E-state index in [0.717, 1.165) is 68.5 Å². The van der Waals surface area contributed by atoms with Crippen LogP contribution >= 0.6 is 0 Å². The molecule has 1 aromatic carbocycles. The first-order chi connectivity index (χ1) is 15.1. The zero-order chi connectivity index (χ0) is 22.1. The summed E-state index contributed by atoms with van der Waals surface area (Å²) in [5.41, 5.74) is 5.75. The molecule has 0 bridgehead atoms. The van der Waals surface area contributed by atoms with Crippen molar-refractivity contribution in [1.82, 2.24) is 30.2 Å². The fraction of sp³-hybridized carbons (Fsp3) is 0.458. The van der Waals surface area contributed by atoms with Gasteiger partial charge in [-0.3, -0.25) is 9.67 Å². The number of para-hydroxylation sites is 1. The number of nitrogens with zero attached hydrogens (tertiary/aromatic N) is 5. The Morgan fingerprint density at radius 2 is 1.84 bits per heavy atom. The Kier molecular flexibility index (Phi) is 8.27. The monoisotopic (exact) mass is 421 g/mol. The van der Waals surface area contributed by atoms with Crippen LogP contribution < -0.4 is 10.6 Å². The van der Waals surface area contributed by atoms with Crippen molar-refractivity contribution in [2.45, 2.75) is 53.5 Å². The lowest BCUT2D eigenvalue weighted by molar-refractivity contribution is 0.567. The Morgan fingerprint density at radius 3 is 2.55 bits per heavy atom.